The van der Waals surface area contributed by atoms with Crippen molar-refractivity contribution in [3.05, 3.63) is 23.9 Å². The van der Waals surface area contributed by atoms with Gasteiger partial charge < -0.3 is 14.8 Å². The fourth-order valence-electron chi connectivity index (χ4n) is 1.45. The quantitative estimate of drug-likeness (QED) is 0.745. The van der Waals surface area contributed by atoms with Gasteiger partial charge in [-0.1, -0.05) is 13.3 Å². The van der Waals surface area contributed by atoms with Crippen molar-refractivity contribution in [2.24, 2.45) is 0 Å². The summed E-state index contributed by atoms with van der Waals surface area (Å²) in [5, 5.41) is 2.54. The summed E-state index contributed by atoms with van der Waals surface area (Å²) in [6.45, 7) is 2.03. The summed E-state index contributed by atoms with van der Waals surface area (Å²) < 4.78 is 45.9. The van der Waals surface area contributed by atoms with Crippen LogP contribution in [0.15, 0.2) is 18.3 Å². The van der Waals surface area contributed by atoms with Gasteiger partial charge in [-0.15, -0.1) is 0 Å². The standard InChI is InChI=1S/C14H19F3N2O3/c1-2-3-7-22-13(20)19-10-11-4-6-18-12(9-11)21-8-5-14(15,16)17/h4,6,9H,2-3,5,7-8,10H2,1H3,(H,19,20). The van der Waals surface area contributed by atoms with Crippen LogP contribution in [0.4, 0.5) is 18.0 Å². The smallest absolute Gasteiger partial charge is 0.407 e. The molecular weight excluding hydrogens is 301 g/mol. The van der Waals surface area contributed by atoms with E-state index in [1.54, 1.807) is 6.07 Å². The van der Waals surface area contributed by atoms with E-state index in [0.29, 0.717) is 12.2 Å². The van der Waals surface area contributed by atoms with Crippen molar-refractivity contribution in [3.63, 3.8) is 0 Å². The first-order valence-corrected chi connectivity index (χ1v) is 6.96. The molecule has 0 aliphatic carbocycles. The van der Waals surface area contributed by atoms with E-state index in [2.05, 4.69) is 10.3 Å². The van der Waals surface area contributed by atoms with Crippen molar-refractivity contribution in [3.8, 4) is 5.88 Å². The molecule has 0 unspecified atom stereocenters. The summed E-state index contributed by atoms with van der Waals surface area (Å²) >= 11 is 0. The summed E-state index contributed by atoms with van der Waals surface area (Å²) in [5.74, 6) is 0.0860. The van der Waals surface area contributed by atoms with Crippen LogP contribution in [0.1, 0.15) is 31.7 Å². The number of alkyl halides is 3. The minimum absolute atomic E-state index is 0.0860. The lowest BCUT2D eigenvalue weighted by Crippen LogP contribution is -2.24. The topological polar surface area (TPSA) is 60.5 Å². The molecule has 5 nitrogen and oxygen atoms in total. The molecule has 0 fully saturated rings. The highest BCUT2D eigenvalue weighted by molar-refractivity contribution is 5.67. The number of rotatable bonds is 8. The van der Waals surface area contributed by atoms with Crippen LogP contribution in [0.5, 0.6) is 5.88 Å². The number of ether oxygens (including phenoxy) is 2. The Morgan fingerprint density at radius 1 is 1.36 bits per heavy atom. The van der Waals surface area contributed by atoms with Crippen molar-refractivity contribution in [2.45, 2.75) is 38.9 Å². The molecule has 0 aromatic carbocycles. The van der Waals surface area contributed by atoms with Crippen molar-refractivity contribution in [2.75, 3.05) is 13.2 Å². The predicted molar refractivity (Wildman–Crippen MR) is 73.5 cm³/mol. The summed E-state index contributed by atoms with van der Waals surface area (Å²) in [6, 6.07) is 3.10. The Bertz CT molecular complexity index is 467. The van der Waals surface area contributed by atoms with E-state index in [9.17, 15) is 18.0 Å². The zero-order valence-electron chi connectivity index (χ0n) is 12.3. The highest BCUT2D eigenvalue weighted by Gasteiger charge is 2.26. The molecule has 0 spiro atoms. The van der Waals surface area contributed by atoms with Gasteiger partial charge in [0.1, 0.15) is 0 Å². The van der Waals surface area contributed by atoms with Gasteiger partial charge in [-0.25, -0.2) is 9.78 Å². The summed E-state index contributed by atoms with van der Waals surface area (Å²) in [4.78, 5) is 15.2. The van der Waals surface area contributed by atoms with Crippen LogP contribution in [0.2, 0.25) is 0 Å². The maximum absolute atomic E-state index is 12.0. The van der Waals surface area contributed by atoms with Crippen molar-refractivity contribution >= 4 is 6.09 Å². The van der Waals surface area contributed by atoms with Crippen molar-refractivity contribution < 1.29 is 27.4 Å². The monoisotopic (exact) mass is 320 g/mol. The van der Waals surface area contributed by atoms with Crippen LogP contribution in [-0.2, 0) is 11.3 Å². The van der Waals surface area contributed by atoms with Crippen LogP contribution in [0.25, 0.3) is 0 Å². The van der Waals surface area contributed by atoms with Gasteiger partial charge in [-0.3, -0.25) is 0 Å². The zero-order chi connectivity index (χ0) is 16.4. The molecule has 0 bridgehead atoms. The molecule has 1 aromatic heterocycles. The first-order valence-electron chi connectivity index (χ1n) is 6.96. The highest BCUT2D eigenvalue weighted by atomic mass is 19.4. The second kappa shape index (κ2) is 9.11. The van der Waals surface area contributed by atoms with Gasteiger partial charge in [0.05, 0.1) is 19.6 Å². The third-order valence-corrected chi connectivity index (χ3v) is 2.60. The van der Waals surface area contributed by atoms with Crippen molar-refractivity contribution in [1.29, 1.82) is 0 Å². The second-order valence-corrected chi connectivity index (χ2v) is 4.56. The normalized spacial score (nSPS) is 11.1. The van der Waals surface area contributed by atoms with E-state index in [1.807, 2.05) is 6.92 Å². The molecule has 0 aliphatic rings. The van der Waals surface area contributed by atoms with E-state index in [1.165, 1.54) is 12.3 Å². The minimum atomic E-state index is -4.26. The van der Waals surface area contributed by atoms with Gasteiger partial charge in [-0.2, -0.15) is 13.2 Å². The number of halogens is 3. The molecule has 8 heteroatoms. The second-order valence-electron chi connectivity index (χ2n) is 4.56. The van der Waals surface area contributed by atoms with Gasteiger partial charge in [-0.05, 0) is 18.1 Å². The van der Waals surface area contributed by atoms with Gasteiger partial charge in [0.15, 0.2) is 0 Å². The van der Waals surface area contributed by atoms with Crippen LogP contribution in [-0.4, -0.2) is 30.5 Å². The van der Waals surface area contributed by atoms with E-state index in [0.717, 1.165) is 12.8 Å². The number of unbranched alkanes of at least 4 members (excludes halogenated alkanes) is 1. The van der Waals surface area contributed by atoms with Crippen LogP contribution in [0, 0.1) is 0 Å². The van der Waals surface area contributed by atoms with E-state index in [4.69, 9.17) is 9.47 Å². The van der Waals surface area contributed by atoms with Crippen LogP contribution < -0.4 is 10.1 Å². The molecule has 124 valence electrons. The molecule has 0 atom stereocenters. The van der Waals surface area contributed by atoms with E-state index in [-0.39, 0.29) is 12.4 Å². The highest BCUT2D eigenvalue weighted by Crippen LogP contribution is 2.20. The van der Waals surface area contributed by atoms with Crippen LogP contribution in [0.3, 0.4) is 0 Å². The Hall–Kier alpha value is -1.99. The van der Waals surface area contributed by atoms with E-state index >= 15 is 0 Å². The Balaban J connectivity index is 2.36. The molecule has 0 saturated heterocycles. The van der Waals surface area contributed by atoms with Crippen LogP contribution >= 0.6 is 0 Å². The third kappa shape index (κ3) is 8.33. The molecule has 1 rings (SSSR count). The Morgan fingerprint density at radius 3 is 2.82 bits per heavy atom. The van der Waals surface area contributed by atoms with E-state index < -0.39 is 25.3 Å². The molecule has 0 saturated carbocycles. The van der Waals surface area contributed by atoms with Gasteiger partial charge in [0, 0.05) is 18.8 Å². The first-order chi connectivity index (χ1) is 10.4. The molecule has 1 amide bonds. The number of aromatic nitrogens is 1. The molecule has 1 heterocycles. The Labute approximate surface area is 126 Å². The fraction of sp³-hybridized carbons (Fsp3) is 0.571. The van der Waals surface area contributed by atoms with Gasteiger partial charge >= 0.3 is 12.3 Å². The third-order valence-electron chi connectivity index (χ3n) is 2.60. The average molecular weight is 320 g/mol. The number of carbonyl (C=O) groups is 1. The molecule has 0 radical (unpaired) electrons. The lowest BCUT2D eigenvalue weighted by atomic mass is 10.2. The predicted octanol–water partition coefficient (Wildman–Crippen LogP) is 3.44. The lowest BCUT2D eigenvalue weighted by Gasteiger charge is -2.09. The summed E-state index contributed by atoms with van der Waals surface area (Å²) in [5.41, 5.74) is 0.657. The molecule has 22 heavy (non-hydrogen) atoms. The number of nitrogens with one attached hydrogen (secondary N) is 1. The Morgan fingerprint density at radius 2 is 2.14 bits per heavy atom. The lowest BCUT2D eigenvalue weighted by molar-refractivity contribution is -0.139. The number of nitrogens with zero attached hydrogens (tertiary/aromatic N) is 1. The zero-order valence-corrected chi connectivity index (χ0v) is 12.3. The Kier molecular flexibility index (Phi) is 7.48. The summed E-state index contributed by atoms with van der Waals surface area (Å²) in [6.07, 6.45) is -2.72. The summed E-state index contributed by atoms with van der Waals surface area (Å²) in [7, 11) is 0. The minimum Gasteiger partial charge on any atom is -0.477 e. The van der Waals surface area contributed by atoms with Crippen molar-refractivity contribution in [1.82, 2.24) is 10.3 Å². The number of amides is 1. The first kappa shape index (κ1) is 18.1. The fourth-order valence-corrected chi connectivity index (χ4v) is 1.45. The number of hydrogen-bond acceptors (Lipinski definition) is 4. The molecule has 0 aliphatic heterocycles. The molecule has 1 aromatic rings. The maximum atomic E-state index is 12.0. The van der Waals surface area contributed by atoms with Gasteiger partial charge in [0.2, 0.25) is 5.88 Å². The number of alkyl carbamates (subject to hydrolysis) is 1. The number of pyridine rings is 1. The maximum Gasteiger partial charge on any atom is 0.407 e. The van der Waals surface area contributed by atoms with Gasteiger partial charge in [0.25, 0.3) is 0 Å². The number of carbonyl (C=O) groups excluding carboxylic acids is 1. The average Bonchev–Trinajstić information content (AvgIpc) is 2.44. The number of hydrogen-bond donors (Lipinski definition) is 1. The molecular formula is C14H19F3N2O3. The largest absolute Gasteiger partial charge is 0.477 e. The SMILES string of the molecule is CCCCOC(=O)NCc1ccnc(OCCC(F)(F)F)c1. The molecule has 1 N–H and O–H groups in total.